The average Bonchev–Trinajstić information content (AvgIpc) is 2.53. The molecule has 112 valence electrons. The van der Waals surface area contributed by atoms with Crippen LogP contribution in [0.2, 0.25) is 0 Å². The van der Waals surface area contributed by atoms with Crippen LogP contribution in [0.15, 0.2) is 0 Å². The predicted molar refractivity (Wildman–Crippen MR) is 80.2 cm³/mol. The van der Waals surface area contributed by atoms with E-state index in [0.29, 0.717) is 12.1 Å². The van der Waals surface area contributed by atoms with E-state index in [1.54, 1.807) is 0 Å². The van der Waals surface area contributed by atoms with Gasteiger partial charge in [-0.15, -0.1) is 0 Å². The molecule has 1 heterocycles. The molecule has 2 atom stereocenters. The quantitative estimate of drug-likeness (QED) is 0.799. The van der Waals surface area contributed by atoms with Crippen molar-refractivity contribution in [3.8, 4) is 0 Å². The normalized spacial score (nSPS) is 23.4. The van der Waals surface area contributed by atoms with Crippen LogP contribution in [-0.2, 0) is 4.79 Å². The molecule has 4 nitrogen and oxygen atoms in total. The Morgan fingerprint density at radius 1 is 1.11 bits per heavy atom. The van der Waals surface area contributed by atoms with Crippen molar-refractivity contribution >= 4 is 5.91 Å². The topological polar surface area (TPSA) is 44.4 Å². The molecule has 0 aliphatic carbocycles. The number of hydrogen-bond donors (Lipinski definition) is 2. The monoisotopic (exact) mass is 269 g/mol. The Morgan fingerprint density at radius 3 is 2.37 bits per heavy atom. The lowest BCUT2D eigenvalue weighted by Crippen LogP contribution is -2.48. The van der Waals surface area contributed by atoms with Gasteiger partial charge < -0.3 is 15.5 Å². The van der Waals surface area contributed by atoms with Gasteiger partial charge in [-0.25, -0.2) is 0 Å². The van der Waals surface area contributed by atoms with Crippen molar-refractivity contribution in [2.24, 2.45) is 0 Å². The molecule has 1 amide bonds. The van der Waals surface area contributed by atoms with Crippen LogP contribution >= 0.6 is 0 Å². The first-order chi connectivity index (χ1) is 8.90. The molecule has 1 rings (SSSR count). The lowest BCUT2D eigenvalue weighted by molar-refractivity contribution is -0.123. The molecule has 1 saturated heterocycles. The molecule has 0 aromatic heterocycles. The third-order valence-electron chi connectivity index (χ3n) is 3.80. The summed E-state index contributed by atoms with van der Waals surface area (Å²) >= 11 is 0. The van der Waals surface area contributed by atoms with Crippen LogP contribution in [0.1, 0.15) is 53.9 Å². The first kappa shape index (κ1) is 16.4. The van der Waals surface area contributed by atoms with Crippen LogP contribution in [0.5, 0.6) is 0 Å². The summed E-state index contributed by atoms with van der Waals surface area (Å²) in [5.41, 5.74) is 0. The average molecular weight is 269 g/mol. The molecule has 1 aliphatic rings. The van der Waals surface area contributed by atoms with Gasteiger partial charge in [0.05, 0.1) is 6.04 Å². The van der Waals surface area contributed by atoms with E-state index in [0.717, 1.165) is 13.0 Å². The second kappa shape index (κ2) is 7.85. The zero-order valence-electron chi connectivity index (χ0n) is 13.2. The predicted octanol–water partition coefficient (Wildman–Crippen LogP) is 1.75. The molecule has 0 aromatic rings. The number of rotatable bonds is 5. The lowest BCUT2D eigenvalue weighted by Gasteiger charge is -2.25. The van der Waals surface area contributed by atoms with Crippen LogP contribution in [-0.4, -0.2) is 48.1 Å². The molecule has 1 aliphatic heterocycles. The van der Waals surface area contributed by atoms with Crippen molar-refractivity contribution in [3.63, 3.8) is 0 Å². The van der Waals surface area contributed by atoms with Gasteiger partial charge in [-0.3, -0.25) is 4.79 Å². The van der Waals surface area contributed by atoms with Gasteiger partial charge in [0.2, 0.25) is 5.91 Å². The Morgan fingerprint density at radius 2 is 1.79 bits per heavy atom. The number of hydrogen-bond acceptors (Lipinski definition) is 3. The number of carbonyl (C=O) groups excluding carboxylic acids is 1. The molecule has 4 heteroatoms. The summed E-state index contributed by atoms with van der Waals surface area (Å²) in [6, 6.07) is 1.21. The molecule has 2 unspecified atom stereocenters. The van der Waals surface area contributed by atoms with Gasteiger partial charge >= 0.3 is 0 Å². The summed E-state index contributed by atoms with van der Waals surface area (Å²) < 4.78 is 0. The number of nitrogens with one attached hydrogen (secondary N) is 2. The second-order valence-electron chi connectivity index (χ2n) is 6.31. The third-order valence-corrected chi connectivity index (χ3v) is 3.80. The molecule has 2 N–H and O–H groups in total. The largest absolute Gasteiger partial charge is 0.353 e. The maximum atomic E-state index is 11.9. The maximum absolute atomic E-state index is 11.9. The summed E-state index contributed by atoms with van der Waals surface area (Å²) in [4.78, 5) is 14.4. The van der Waals surface area contributed by atoms with Crippen molar-refractivity contribution in [2.45, 2.75) is 78.0 Å². The Balaban J connectivity index is 2.38. The molecule has 0 spiro atoms. The smallest absolute Gasteiger partial charge is 0.237 e. The minimum Gasteiger partial charge on any atom is -0.353 e. The summed E-state index contributed by atoms with van der Waals surface area (Å²) in [5.74, 6) is 0.111. The van der Waals surface area contributed by atoms with Crippen molar-refractivity contribution in [1.82, 2.24) is 15.5 Å². The van der Waals surface area contributed by atoms with E-state index in [4.69, 9.17) is 0 Å². The minimum atomic E-state index is -0.0991. The number of amides is 1. The van der Waals surface area contributed by atoms with Gasteiger partial charge in [-0.05, 0) is 67.0 Å². The second-order valence-corrected chi connectivity index (χ2v) is 6.31. The number of nitrogens with zero attached hydrogens (tertiary/aromatic N) is 1. The highest BCUT2D eigenvalue weighted by Gasteiger charge is 2.22. The zero-order valence-corrected chi connectivity index (χ0v) is 13.2. The van der Waals surface area contributed by atoms with E-state index in [2.05, 4.69) is 29.4 Å². The van der Waals surface area contributed by atoms with Crippen LogP contribution < -0.4 is 10.6 Å². The molecule has 0 radical (unpaired) electrons. The Labute approximate surface area is 118 Å². The highest BCUT2D eigenvalue weighted by Crippen LogP contribution is 2.13. The van der Waals surface area contributed by atoms with Crippen LogP contribution in [0.3, 0.4) is 0 Å². The van der Waals surface area contributed by atoms with Crippen LogP contribution in [0.4, 0.5) is 0 Å². The standard InChI is InChI=1S/C15H31N3O/c1-11(2)16-15(19)13(5)17-14-7-6-9-18(10-8-14)12(3)4/h11-14,17H,6-10H2,1-5H3,(H,16,19). The van der Waals surface area contributed by atoms with Gasteiger partial charge in [0.25, 0.3) is 0 Å². The molecule has 19 heavy (non-hydrogen) atoms. The molecule has 0 saturated carbocycles. The van der Waals surface area contributed by atoms with Crippen molar-refractivity contribution in [3.05, 3.63) is 0 Å². The summed E-state index contributed by atoms with van der Waals surface area (Å²) in [7, 11) is 0. The first-order valence-electron chi connectivity index (χ1n) is 7.70. The van der Waals surface area contributed by atoms with Crippen molar-refractivity contribution in [1.29, 1.82) is 0 Å². The Bertz CT molecular complexity index is 279. The third kappa shape index (κ3) is 5.91. The molecule has 0 bridgehead atoms. The highest BCUT2D eigenvalue weighted by atomic mass is 16.2. The fourth-order valence-corrected chi connectivity index (χ4v) is 2.64. The first-order valence-corrected chi connectivity index (χ1v) is 7.70. The van der Waals surface area contributed by atoms with Gasteiger partial charge in [0.15, 0.2) is 0 Å². The fourth-order valence-electron chi connectivity index (χ4n) is 2.64. The van der Waals surface area contributed by atoms with Gasteiger partial charge in [0.1, 0.15) is 0 Å². The van der Waals surface area contributed by atoms with Gasteiger partial charge in [-0.1, -0.05) is 0 Å². The Kier molecular flexibility index (Phi) is 6.80. The lowest BCUT2D eigenvalue weighted by atomic mass is 10.1. The molecule has 0 aromatic carbocycles. The van der Waals surface area contributed by atoms with Crippen molar-refractivity contribution in [2.75, 3.05) is 13.1 Å². The zero-order chi connectivity index (χ0) is 14.4. The number of carbonyl (C=O) groups is 1. The SMILES string of the molecule is CC(C)NC(=O)C(C)NC1CCCN(C(C)C)CC1. The van der Waals surface area contributed by atoms with E-state index in [-0.39, 0.29) is 18.0 Å². The molecule has 1 fully saturated rings. The fraction of sp³-hybridized carbons (Fsp3) is 0.933. The minimum absolute atomic E-state index is 0.0991. The summed E-state index contributed by atoms with van der Waals surface area (Å²) in [6.07, 6.45) is 3.52. The van der Waals surface area contributed by atoms with Crippen molar-refractivity contribution < 1.29 is 4.79 Å². The van der Waals surface area contributed by atoms with E-state index in [1.165, 1.54) is 19.4 Å². The van der Waals surface area contributed by atoms with Gasteiger partial charge in [0, 0.05) is 18.1 Å². The molecular weight excluding hydrogens is 238 g/mol. The van der Waals surface area contributed by atoms with E-state index in [9.17, 15) is 4.79 Å². The van der Waals surface area contributed by atoms with E-state index >= 15 is 0 Å². The summed E-state index contributed by atoms with van der Waals surface area (Å²) in [6.45, 7) is 12.8. The van der Waals surface area contributed by atoms with E-state index in [1.807, 2.05) is 20.8 Å². The van der Waals surface area contributed by atoms with Crippen LogP contribution in [0.25, 0.3) is 0 Å². The van der Waals surface area contributed by atoms with Crippen LogP contribution in [0, 0.1) is 0 Å². The Hall–Kier alpha value is -0.610. The number of likely N-dealkylation sites (tertiary alicyclic amines) is 1. The summed E-state index contributed by atoms with van der Waals surface area (Å²) in [5, 5.41) is 6.45. The highest BCUT2D eigenvalue weighted by molar-refractivity contribution is 5.81. The van der Waals surface area contributed by atoms with E-state index < -0.39 is 0 Å². The molecular formula is C15H31N3O. The van der Waals surface area contributed by atoms with Gasteiger partial charge in [-0.2, -0.15) is 0 Å². The maximum Gasteiger partial charge on any atom is 0.237 e.